The predicted octanol–water partition coefficient (Wildman–Crippen LogP) is 2.58. The second-order valence-electron chi connectivity index (χ2n) is 5.77. The fourth-order valence-electron chi connectivity index (χ4n) is 3.53. The number of rotatable bonds is 2. The Hall–Kier alpha value is -1.09. The van der Waals surface area contributed by atoms with E-state index in [0.717, 1.165) is 13.1 Å². The van der Waals surface area contributed by atoms with Gasteiger partial charge in [-0.3, -0.25) is 4.98 Å². The Balaban J connectivity index is 1.84. The molecular formula is C15H23N3. The number of nitrogens with zero attached hydrogens (tertiary/aromatic N) is 2. The van der Waals surface area contributed by atoms with Crippen LogP contribution in [0.25, 0.3) is 0 Å². The minimum atomic E-state index is 0.376. The predicted molar refractivity (Wildman–Crippen MR) is 74.9 cm³/mol. The van der Waals surface area contributed by atoms with Crippen LogP contribution < -0.4 is 10.2 Å². The molecule has 1 aromatic rings. The maximum atomic E-state index is 4.28. The average molecular weight is 245 g/mol. The van der Waals surface area contributed by atoms with Crippen LogP contribution in [-0.2, 0) is 0 Å². The highest BCUT2D eigenvalue weighted by atomic mass is 15.3. The smallest absolute Gasteiger partial charge is 0.0556 e. The van der Waals surface area contributed by atoms with Gasteiger partial charge in [-0.15, -0.1) is 0 Å². The first-order valence-electron chi connectivity index (χ1n) is 7.25. The Morgan fingerprint density at radius 3 is 2.94 bits per heavy atom. The van der Waals surface area contributed by atoms with Gasteiger partial charge in [0.2, 0.25) is 0 Å². The van der Waals surface area contributed by atoms with Crippen LogP contribution in [0.15, 0.2) is 24.5 Å². The van der Waals surface area contributed by atoms with Gasteiger partial charge in [-0.2, -0.15) is 0 Å². The number of hydrogen-bond acceptors (Lipinski definition) is 3. The SMILES string of the molecule is CCC1CNC2(CCCC2)CN1c1cccnc1. The maximum Gasteiger partial charge on any atom is 0.0556 e. The summed E-state index contributed by atoms with van der Waals surface area (Å²) in [6.07, 6.45) is 10.5. The van der Waals surface area contributed by atoms with Gasteiger partial charge < -0.3 is 10.2 Å². The van der Waals surface area contributed by atoms with Crippen molar-refractivity contribution in [1.82, 2.24) is 10.3 Å². The molecule has 1 aromatic heterocycles. The summed E-state index contributed by atoms with van der Waals surface area (Å²) >= 11 is 0. The second kappa shape index (κ2) is 4.88. The summed E-state index contributed by atoms with van der Waals surface area (Å²) in [6.45, 7) is 4.55. The van der Waals surface area contributed by atoms with Gasteiger partial charge in [-0.1, -0.05) is 19.8 Å². The summed E-state index contributed by atoms with van der Waals surface area (Å²) in [5.74, 6) is 0. The molecule has 0 amide bonds. The lowest BCUT2D eigenvalue weighted by atomic mass is 9.91. The van der Waals surface area contributed by atoms with E-state index in [1.54, 1.807) is 0 Å². The Kier molecular flexibility index (Phi) is 3.25. The van der Waals surface area contributed by atoms with Crippen LogP contribution in [0.2, 0.25) is 0 Å². The molecule has 1 saturated carbocycles. The van der Waals surface area contributed by atoms with Crippen molar-refractivity contribution in [1.29, 1.82) is 0 Å². The van der Waals surface area contributed by atoms with Crippen molar-refractivity contribution in [2.45, 2.75) is 50.6 Å². The van der Waals surface area contributed by atoms with Gasteiger partial charge in [0.25, 0.3) is 0 Å². The lowest BCUT2D eigenvalue weighted by Crippen LogP contribution is -2.63. The van der Waals surface area contributed by atoms with Crippen molar-refractivity contribution in [3.8, 4) is 0 Å². The Morgan fingerprint density at radius 2 is 2.28 bits per heavy atom. The highest BCUT2D eigenvalue weighted by Crippen LogP contribution is 2.35. The molecule has 2 aliphatic rings. The molecule has 2 fully saturated rings. The molecule has 0 aromatic carbocycles. The standard InChI is InChI=1S/C15H23N3/c1-2-13-11-17-15(7-3-4-8-15)12-18(13)14-6-5-9-16-10-14/h5-6,9-10,13,17H,2-4,7-8,11-12H2,1H3. The van der Waals surface area contributed by atoms with Crippen LogP contribution >= 0.6 is 0 Å². The van der Waals surface area contributed by atoms with Crippen LogP contribution in [0, 0.1) is 0 Å². The lowest BCUT2D eigenvalue weighted by Gasteiger charge is -2.47. The molecule has 3 rings (SSSR count). The zero-order chi connectivity index (χ0) is 12.4. The van der Waals surface area contributed by atoms with Crippen molar-refractivity contribution < 1.29 is 0 Å². The van der Waals surface area contributed by atoms with E-state index in [1.165, 1.54) is 37.8 Å². The normalized spacial score (nSPS) is 26.7. The van der Waals surface area contributed by atoms with Gasteiger partial charge in [-0.25, -0.2) is 0 Å². The van der Waals surface area contributed by atoms with E-state index >= 15 is 0 Å². The van der Waals surface area contributed by atoms with Crippen molar-refractivity contribution in [3.05, 3.63) is 24.5 Å². The van der Waals surface area contributed by atoms with Gasteiger partial charge in [0.05, 0.1) is 11.9 Å². The average Bonchev–Trinajstić information content (AvgIpc) is 2.88. The van der Waals surface area contributed by atoms with Crippen LogP contribution in [0.4, 0.5) is 5.69 Å². The highest BCUT2D eigenvalue weighted by Gasteiger charge is 2.40. The zero-order valence-corrected chi connectivity index (χ0v) is 11.2. The molecule has 0 radical (unpaired) electrons. The van der Waals surface area contributed by atoms with E-state index < -0.39 is 0 Å². The molecule has 98 valence electrons. The Bertz CT molecular complexity index is 384. The molecule has 3 heteroatoms. The van der Waals surface area contributed by atoms with E-state index in [0.29, 0.717) is 11.6 Å². The number of anilines is 1. The molecule has 1 unspecified atom stereocenters. The molecule has 1 atom stereocenters. The summed E-state index contributed by atoms with van der Waals surface area (Å²) in [6, 6.07) is 4.86. The molecule has 1 aliphatic heterocycles. The second-order valence-corrected chi connectivity index (χ2v) is 5.77. The molecule has 1 N–H and O–H groups in total. The first kappa shape index (κ1) is 12.0. The van der Waals surface area contributed by atoms with Gasteiger partial charge in [0.1, 0.15) is 0 Å². The van der Waals surface area contributed by atoms with Gasteiger partial charge in [0, 0.05) is 30.9 Å². The summed E-state index contributed by atoms with van der Waals surface area (Å²) in [5.41, 5.74) is 1.67. The van der Waals surface area contributed by atoms with Crippen LogP contribution in [0.5, 0.6) is 0 Å². The van der Waals surface area contributed by atoms with Crippen LogP contribution in [0.1, 0.15) is 39.0 Å². The van der Waals surface area contributed by atoms with Crippen molar-refractivity contribution >= 4 is 5.69 Å². The summed E-state index contributed by atoms with van der Waals surface area (Å²) in [5, 5.41) is 3.83. The van der Waals surface area contributed by atoms with Crippen molar-refractivity contribution in [2.75, 3.05) is 18.0 Å². The number of hydrogen-bond donors (Lipinski definition) is 1. The monoisotopic (exact) mass is 245 g/mol. The Morgan fingerprint density at radius 1 is 1.44 bits per heavy atom. The minimum Gasteiger partial charge on any atom is -0.364 e. The third-order valence-corrected chi connectivity index (χ3v) is 4.64. The van der Waals surface area contributed by atoms with Gasteiger partial charge >= 0.3 is 0 Å². The molecule has 1 saturated heterocycles. The van der Waals surface area contributed by atoms with Crippen molar-refractivity contribution in [3.63, 3.8) is 0 Å². The Labute approximate surface area is 110 Å². The summed E-state index contributed by atoms with van der Waals surface area (Å²) in [4.78, 5) is 6.86. The maximum absolute atomic E-state index is 4.28. The zero-order valence-electron chi connectivity index (χ0n) is 11.2. The van der Waals surface area contributed by atoms with Crippen LogP contribution in [-0.4, -0.2) is 29.7 Å². The number of piperazine rings is 1. The lowest BCUT2D eigenvalue weighted by molar-refractivity contribution is 0.267. The molecule has 1 aliphatic carbocycles. The van der Waals surface area contributed by atoms with Gasteiger partial charge in [-0.05, 0) is 31.4 Å². The third kappa shape index (κ3) is 2.12. The molecular weight excluding hydrogens is 222 g/mol. The number of aromatic nitrogens is 1. The molecule has 0 bridgehead atoms. The highest BCUT2D eigenvalue weighted by molar-refractivity contribution is 5.46. The van der Waals surface area contributed by atoms with E-state index in [-0.39, 0.29) is 0 Å². The first-order chi connectivity index (χ1) is 8.83. The topological polar surface area (TPSA) is 28.2 Å². The van der Waals surface area contributed by atoms with E-state index in [1.807, 2.05) is 18.5 Å². The molecule has 18 heavy (non-hydrogen) atoms. The van der Waals surface area contributed by atoms with Gasteiger partial charge in [0.15, 0.2) is 0 Å². The number of pyridine rings is 1. The largest absolute Gasteiger partial charge is 0.364 e. The van der Waals surface area contributed by atoms with E-state index in [4.69, 9.17) is 0 Å². The summed E-state index contributed by atoms with van der Waals surface area (Å²) in [7, 11) is 0. The van der Waals surface area contributed by atoms with Crippen LogP contribution in [0.3, 0.4) is 0 Å². The fourth-order valence-corrected chi connectivity index (χ4v) is 3.53. The van der Waals surface area contributed by atoms with E-state index in [9.17, 15) is 0 Å². The van der Waals surface area contributed by atoms with E-state index in [2.05, 4.69) is 28.2 Å². The minimum absolute atomic E-state index is 0.376. The van der Waals surface area contributed by atoms with Crippen molar-refractivity contribution in [2.24, 2.45) is 0 Å². The fraction of sp³-hybridized carbons (Fsp3) is 0.667. The third-order valence-electron chi connectivity index (χ3n) is 4.64. The number of nitrogens with one attached hydrogen (secondary N) is 1. The first-order valence-corrected chi connectivity index (χ1v) is 7.25. The molecule has 2 heterocycles. The molecule has 3 nitrogen and oxygen atoms in total. The summed E-state index contributed by atoms with van der Waals surface area (Å²) < 4.78 is 0. The quantitative estimate of drug-likeness (QED) is 0.868. The molecule has 1 spiro atoms.